The molecule has 0 aromatic heterocycles. The number of rotatable bonds is 4. The molecule has 0 amide bonds. The molecule has 2 fully saturated rings. The van der Waals surface area contributed by atoms with E-state index in [1.54, 1.807) is 0 Å². The molecule has 4 aliphatic rings. The van der Waals surface area contributed by atoms with Crippen LogP contribution in [-0.2, 0) is 24.4 Å². The van der Waals surface area contributed by atoms with Crippen LogP contribution in [0, 0.1) is 0 Å². The van der Waals surface area contributed by atoms with Gasteiger partial charge in [-0.3, -0.25) is 9.69 Å². The van der Waals surface area contributed by atoms with Crippen LogP contribution in [0.5, 0.6) is 0 Å². The van der Waals surface area contributed by atoms with Gasteiger partial charge >= 0.3 is 5.97 Å². The third-order valence-corrected chi connectivity index (χ3v) is 8.04. The van der Waals surface area contributed by atoms with Crippen LogP contribution in [0.3, 0.4) is 0 Å². The molecule has 0 saturated carbocycles. The van der Waals surface area contributed by atoms with E-state index in [0.717, 1.165) is 82.7 Å². The van der Waals surface area contributed by atoms with Crippen LogP contribution in [-0.4, -0.2) is 92.9 Å². The Balaban J connectivity index is 1.43. The molecule has 1 aromatic carbocycles. The molecule has 1 aliphatic carbocycles. The number of hydrogen-bond acceptors (Lipinski definition) is 7. The highest BCUT2D eigenvalue weighted by Crippen LogP contribution is 2.52. The predicted octanol–water partition coefficient (Wildman–Crippen LogP) is 3.35. The minimum atomic E-state index is -0.499. The summed E-state index contributed by atoms with van der Waals surface area (Å²) >= 11 is 0. The Bertz CT molecular complexity index is 955. The maximum Gasteiger partial charge on any atom is 0.313 e. The summed E-state index contributed by atoms with van der Waals surface area (Å²) in [5, 5.41) is 0. The minimum Gasteiger partial charge on any atom is -0.477 e. The van der Waals surface area contributed by atoms with Crippen molar-refractivity contribution in [3.63, 3.8) is 0 Å². The fraction of sp³-hybridized carbons (Fsp3) is 0.714. The number of esters is 1. The van der Waals surface area contributed by atoms with Gasteiger partial charge in [-0.15, -0.1) is 0 Å². The van der Waals surface area contributed by atoms with Gasteiger partial charge in [0.05, 0.1) is 31.8 Å². The van der Waals surface area contributed by atoms with Crippen molar-refractivity contribution in [3.05, 3.63) is 34.9 Å². The fourth-order valence-electron chi connectivity index (χ4n) is 6.11. The third kappa shape index (κ3) is 5.42. The minimum absolute atomic E-state index is 0.0516. The van der Waals surface area contributed by atoms with E-state index in [0.29, 0.717) is 12.5 Å². The Labute approximate surface area is 209 Å². The topological polar surface area (TPSA) is 63.6 Å². The second-order valence-electron chi connectivity index (χ2n) is 11.8. The maximum absolute atomic E-state index is 13.4. The van der Waals surface area contributed by atoms with Crippen molar-refractivity contribution in [1.82, 2.24) is 9.80 Å². The van der Waals surface area contributed by atoms with Crippen molar-refractivity contribution in [2.75, 3.05) is 59.6 Å². The highest BCUT2D eigenvalue weighted by molar-refractivity contribution is 5.95. The van der Waals surface area contributed by atoms with E-state index in [9.17, 15) is 4.79 Å². The third-order valence-electron chi connectivity index (χ3n) is 8.04. The van der Waals surface area contributed by atoms with Gasteiger partial charge in [0.2, 0.25) is 5.90 Å². The van der Waals surface area contributed by atoms with Crippen LogP contribution in [0.15, 0.2) is 23.2 Å². The molecule has 7 heteroatoms. The summed E-state index contributed by atoms with van der Waals surface area (Å²) in [6, 6.07) is 6.81. The zero-order chi connectivity index (χ0) is 24.6. The van der Waals surface area contributed by atoms with Crippen LogP contribution in [0.2, 0.25) is 0 Å². The molecule has 0 radical (unpaired) electrons. The van der Waals surface area contributed by atoms with E-state index < -0.39 is 5.60 Å². The Morgan fingerprint density at radius 1 is 1.14 bits per heavy atom. The second-order valence-corrected chi connectivity index (χ2v) is 11.8. The number of morpholine rings is 1. The van der Waals surface area contributed by atoms with E-state index in [2.05, 4.69) is 35.0 Å². The van der Waals surface area contributed by atoms with Crippen molar-refractivity contribution in [3.8, 4) is 0 Å². The number of likely N-dealkylation sites (tertiary alicyclic amines) is 1. The first kappa shape index (κ1) is 24.7. The van der Waals surface area contributed by atoms with Gasteiger partial charge in [-0.1, -0.05) is 6.07 Å². The molecule has 5 rings (SSSR count). The zero-order valence-corrected chi connectivity index (χ0v) is 21.8. The molecule has 3 aliphatic heterocycles. The molecule has 2 atom stereocenters. The number of piperidine rings is 1. The Morgan fingerprint density at radius 2 is 1.89 bits per heavy atom. The molecule has 1 aromatic rings. The number of benzene rings is 1. The number of aliphatic imine (C=N–C) groups is 1. The van der Waals surface area contributed by atoms with Gasteiger partial charge in [-0.25, -0.2) is 4.99 Å². The molecule has 35 heavy (non-hydrogen) atoms. The summed E-state index contributed by atoms with van der Waals surface area (Å²) < 4.78 is 17.4. The Hall–Kier alpha value is -1.96. The lowest BCUT2D eigenvalue weighted by molar-refractivity contribution is -0.157. The summed E-state index contributed by atoms with van der Waals surface area (Å²) in [5.41, 5.74) is 2.97. The summed E-state index contributed by atoms with van der Waals surface area (Å²) in [6.07, 6.45) is 3.92. The molecule has 3 heterocycles. The van der Waals surface area contributed by atoms with Crippen LogP contribution < -0.4 is 0 Å². The molecule has 0 bridgehead atoms. The van der Waals surface area contributed by atoms with Gasteiger partial charge < -0.3 is 19.1 Å². The number of fused-ring (bicyclic) bond motifs is 2. The standard InChI is InChI=1S/C28H41N3O4/c1-27(2,3)35-26(32)23-18-28(8-10-30(4)11-9-28)24-6-5-20(17-22(23)24)25-29-21(7-14-34-25)19-31-12-15-33-16-13-31/h5-6,17,21,23H,7-16,18-19H2,1-4H3. The first-order valence-electron chi connectivity index (χ1n) is 13.3. The van der Waals surface area contributed by atoms with Crippen LogP contribution >= 0.6 is 0 Å². The van der Waals surface area contributed by atoms with E-state index in [-0.39, 0.29) is 23.3 Å². The molecular weight excluding hydrogens is 442 g/mol. The van der Waals surface area contributed by atoms with Crippen molar-refractivity contribution in [2.45, 2.75) is 69.4 Å². The molecule has 0 N–H and O–H groups in total. The molecule has 192 valence electrons. The maximum atomic E-state index is 13.4. The number of nitrogens with zero attached hydrogens (tertiary/aromatic N) is 3. The second kappa shape index (κ2) is 9.83. The number of carbonyl (C=O) groups excluding carboxylic acids is 1. The summed E-state index contributed by atoms with van der Waals surface area (Å²) in [4.78, 5) is 23.2. The predicted molar refractivity (Wildman–Crippen MR) is 136 cm³/mol. The van der Waals surface area contributed by atoms with Crippen LogP contribution in [0.25, 0.3) is 0 Å². The van der Waals surface area contributed by atoms with E-state index >= 15 is 0 Å². The lowest BCUT2D eigenvalue weighted by atomic mass is 9.73. The largest absolute Gasteiger partial charge is 0.477 e. The van der Waals surface area contributed by atoms with Crippen molar-refractivity contribution in [1.29, 1.82) is 0 Å². The van der Waals surface area contributed by atoms with Gasteiger partial charge in [0.25, 0.3) is 0 Å². The molecule has 7 nitrogen and oxygen atoms in total. The quantitative estimate of drug-likeness (QED) is 0.612. The summed E-state index contributed by atoms with van der Waals surface area (Å²) in [6.45, 7) is 13.1. The smallest absolute Gasteiger partial charge is 0.313 e. The number of hydrogen-bond donors (Lipinski definition) is 0. The van der Waals surface area contributed by atoms with Crippen molar-refractivity contribution in [2.24, 2.45) is 4.99 Å². The highest BCUT2D eigenvalue weighted by Gasteiger charge is 2.48. The van der Waals surface area contributed by atoms with Gasteiger partial charge in [0.15, 0.2) is 0 Å². The van der Waals surface area contributed by atoms with Gasteiger partial charge in [0, 0.05) is 31.6 Å². The van der Waals surface area contributed by atoms with Crippen molar-refractivity contribution < 1.29 is 19.0 Å². The van der Waals surface area contributed by atoms with Gasteiger partial charge in [0.1, 0.15) is 5.60 Å². The molecule has 2 unspecified atom stereocenters. The van der Waals surface area contributed by atoms with Crippen molar-refractivity contribution >= 4 is 11.9 Å². The van der Waals surface area contributed by atoms with E-state index in [1.807, 2.05) is 20.8 Å². The summed E-state index contributed by atoms with van der Waals surface area (Å²) in [5.74, 6) is 0.369. The van der Waals surface area contributed by atoms with Crippen LogP contribution in [0.4, 0.5) is 0 Å². The molecule has 1 spiro atoms. The summed E-state index contributed by atoms with van der Waals surface area (Å²) in [7, 11) is 2.18. The molecular formula is C28H41N3O4. The highest BCUT2D eigenvalue weighted by atomic mass is 16.6. The van der Waals surface area contributed by atoms with Gasteiger partial charge in [-0.05, 0) is 88.8 Å². The average molecular weight is 484 g/mol. The first-order valence-corrected chi connectivity index (χ1v) is 13.3. The fourth-order valence-corrected chi connectivity index (χ4v) is 6.11. The Morgan fingerprint density at radius 3 is 2.60 bits per heavy atom. The first-order chi connectivity index (χ1) is 16.7. The molecule has 2 saturated heterocycles. The van der Waals surface area contributed by atoms with Gasteiger partial charge in [-0.2, -0.15) is 0 Å². The number of ether oxygens (including phenoxy) is 3. The lowest BCUT2D eigenvalue weighted by Crippen LogP contribution is -2.42. The SMILES string of the molecule is CN1CCC2(CC1)CC(C(=O)OC(C)(C)C)c1cc(C3=NC(CN4CCOCC4)CCO3)ccc12. The Kier molecular flexibility index (Phi) is 6.94. The monoisotopic (exact) mass is 483 g/mol. The zero-order valence-electron chi connectivity index (χ0n) is 21.8. The lowest BCUT2D eigenvalue weighted by Gasteiger charge is -2.39. The average Bonchev–Trinajstić information content (AvgIpc) is 3.15. The van der Waals surface area contributed by atoms with Crippen LogP contribution in [0.1, 0.15) is 69.1 Å². The van der Waals surface area contributed by atoms with E-state index in [4.69, 9.17) is 19.2 Å². The van der Waals surface area contributed by atoms with E-state index in [1.165, 1.54) is 5.56 Å². The number of carbonyl (C=O) groups is 1. The normalized spacial score (nSPS) is 27.3.